The molecule has 0 radical (unpaired) electrons. The fourth-order valence-electron chi connectivity index (χ4n) is 3.07. The van der Waals surface area contributed by atoms with Gasteiger partial charge in [0.15, 0.2) is 0 Å². The minimum Gasteiger partial charge on any atom is -0.457 e. The normalized spacial score (nSPS) is 11.6. The molecule has 0 fully saturated rings. The smallest absolute Gasteiger partial charge is 0.209 e. The third-order valence-electron chi connectivity index (χ3n) is 4.70. The highest BCUT2D eigenvalue weighted by atomic mass is 16.5. The number of ether oxygens (including phenoxy) is 1. The van der Waals surface area contributed by atoms with Crippen molar-refractivity contribution in [2.45, 2.75) is 6.92 Å². The zero-order valence-corrected chi connectivity index (χ0v) is 17.8. The lowest BCUT2D eigenvalue weighted by molar-refractivity contribution is 0.479. The maximum Gasteiger partial charge on any atom is 0.209 e. The number of anilines is 2. The molecule has 0 bridgehead atoms. The van der Waals surface area contributed by atoms with Gasteiger partial charge in [0.2, 0.25) is 5.96 Å². The highest BCUT2D eigenvalue weighted by Crippen LogP contribution is 2.29. The molecule has 160 valence electrons. The summed E-state index contributed by atoms with van der Waals surface area (Å²) in [5.74, 6) is 2.54. The third kappa shape index (κ3) is 4.99. The summed E-state index contributed by atoms with van der Waals surface area (Å²) >= 11 is 0. The summed E-state index contributed by atoms with van der Waals surface area (Å²) in [7, 11) is 1.59. The van der Waals surface area contributed by atoms with Crippen molar-refractivity contribution >= 4 is 34.6 Å². The van der Waals surface area contributed by atoms with E-state index in [-0.39, 0.29) is 5.96 Å². The predicted molar refractivity (Wildman–Crippen MR) is 129 cm³/mol. The monoisotopic (exact) mass is 425 g/mol. The van der Waals surface area contributed by atoms with E-state index >= 15 is 0 Å². The number of fused-ring (bicyclic) bond motifs is 1. The molecule has 0 aliphatic heterocycles. The Morgan fingerprint density at radius 3 is 2.66 bits per heavy atom. The number of hydrogen-bond donors (Lipinski definition) is 3. The number of nitrogens with two attached hydrogens (primary N) is 1. The van der Waals surface area contributed by atoms with E-state index in [4.69, 9.17) is 10.5 Å². The second-order valence-electron chi connectivity index (χ2n) is 7.00. The molecule has 0 atom stereocenters. The second kappa shape index (κ2) is 9.57. The molecule has 0 unspecified atom stereocenters. The van der Waals surface area contributed by atoms with Crippen LogP contribution in [0.5, 0.6) is 11.5 Å². The Kier molecular flexibility index (Phi) is 6.22. The zero-order chi connectivity index (χ0) is 22.3. The van der Waals surface area contributed by atoms with Gasteiger partial charge in [0.25, 0.3) is 0 Å². The summed E-state index contributed by atoms with van der Waals surface area (Å²) in [6.07, 6.45) is 3.20. The number of nitrogens with zero attached hydrogens (tertiary/aromatic N) is 4. The van der Waals surface area contributed by atoms with Crippen molar-refractivity contribution in [3.63, 3.8) is 0 Å². The van der Waals surface area contributed by atoms with Crippen molar-refractivity contribution < 1.29 is 4.74 Å². The molecular formula is C24H23N7O. The summed E-state index contributed by atoms with van der Waals surface area (Å²) < 4.78 is 5.97. The molecule has 0 saturated heterocycles. The molecule has 4 N–H and O–H groups in total. The van der Waals surface area contributed by atoms with Crippen molar-refractivity contribution in [3.8, 4) is 11.5 Å². The average Bonchev–Trinajstić information content (AvgIpc) is 2.82. The zero-order valence-electron chi connectivity index (χ0n) is 17.8. The molecule has 8 nitrogen and oxygen atoms in total. The maximum atomic E-state index is 5.97. The van der Waals surface area contributed by atoms with Gasteiger partial charge in [0.1, 0.15) is 23.6 Å². The number of nitrogens with one attached hydrogen (secondary N) is 2. The highest BCUT2D eigenvalue weighted by molar-refractivity contribution is 5.95. The minimum atomic E-state index is 0.239. The van der Waals surface area contributed by atoms with E-state index in [2.05, 4.69) is 30.8 Å². The topological polar surface area (TPSA) is 110 Å². The SMILES string of the molecule is CN=C(N)N/N=C/c1ccc2ncnc(Nc3ccc(Oc4ccccc4)c(C)c3)c2c1. The highest BCUT2D eigenvalue weighted by Gasteiger charge is 2.08. The number of hydrazone groups is 1. The van der Waals surface area contributed by atoms with Gasteiger partial charge < -0.3 is 15.8 Å². The van der Waals surface area contributed by atoms with E-state index in [0.29, 0.717) is 5.82 Å². The largest absolute Gasteiger partial charge is 0.457 e. The number of benzene rings is 3. The van der Waals surface area contributed by atoms with Crippen LogP contribution in [0.4, 0.5) is 11.5 Å². The molecule has 4 aromatic rings. The van der Waals surface area contributed by atoms with Gasteiger partial charge in [-0.1, -0.05) is 24.3 Å². The summed E-state index contributed by atoms with van der Waals surface area (Å²) in [4.78, 5) is 12.6. The van der Waals surface area contributed by atoms with Crippen LogP contribution in [0.25, 0.3) is 10.9 Å². The summed E-state index contributed by atoms with van der Waals surface area (Å²) in [5, 5.41) is 8.34. The van der Waals surface area contributed by atoms with Crippen molar-refractivity contribution in [2.24, 2.45) is 15.8 Å². The van der Waals surface area contributed by atoms with Gasteiger partial charge in [0, 0.05) is 18.1 Å². The number of aliphatic imine (C=N–C) groups is 1. The molecule has 4 rings (SSSR count). The molecule has 1 heterocycles. The van der Waals surface area contributed by atoms with Gasteiger partial charge in [0.05, 0.1) is 11.7 Å². The lowest BCUT2D eigenvalue weighted by Crippen LogP contribution is -2.26. The number of rotatable bonds is 6. The van der Waals surface area contributed by atoms with E-state index in [0.717, 1.165) is 39.2 Å². The molecule has 0 aliphatic carbocycles. The van der Waals surface area contributed by atoms with Crippen molar-refractivity contribution in [1.29, 1.82) is 0 Å². The Hall–Kier alpha value is -4.46. The Morgan fingerprint density at radius 1 is 1.03 bits per heavy atom. The van der Waals surface area contributed by atoms with Crippen LogP contribution in [-0.2, 0) is 0 Å². The van der Waals surface area contributed by atoms with Gasteiger partial charge in [-0.05, 0) is 60.5 Å². The van der Waals surface area contributed by atoms with Crippen LogP contribution in [0.2, 0.25) is 0 Å². The number of guanidine groups is 1. The van der Waals surface area contributed by atoms with Gasteiger partial charge in [-0.2, -0.15) is 5.10 Å². The summed E-state index contributed by atoms with van der Waals surface area (Å²) in [6.45, 7) is 2.01. The molecule has 0 saturated carbocycles. The number of para-hydroxylation sites is 1. The van der Waals surface area contributed by atoms with E-state index in [1.165, 1.54) is 6.33 Å². The van der Waals surface area contributed by atoms with Crippen molar-refractivity contribution in [2.75, 3.05) is 12.4 Å². The number of hydrogen-bond acceptors (Lipinski definition) is 6. The van der Waals surface area contributed by atoms with Gasteiger partial charge in [-0.3, -0.25) is 4.99 Å². The third-order valence-corrected chi connectivity index (χ3v) is 4.70. The molecular weight excluding hydrogens is 402 g/mol. The number of aryl methyl sites for hydroxylation is 1. The van der Waals surface area contributed by atoms with Crippen molar-refractivity contribution in [3.05, 3.63) is 84.2 Å². The van der Waals surface area contributed by atoms with Crippen LogP contribution in [0.3, 0.4) is 0 Å². The average molecular weight is 425 g/mol. The molecule has 1 aromatic heterocycles. The van der Waals surface area contributed by atoms with E-state index in [1.54, 1.807) is 13.3 Å². The fourth-order valence-corrected chi connectivity index (χ4v) is 3.07. The lowest BCUT2D eigenvalue weighted by Gasteiger charge is -2.12. The van der Waals surface area contributed by atoms with Crippen LogP contribution < -0.4 is 21.2 Å². The fraction of sp³-hybridized carbons (Fsp3) is 0.0833. The summed E-state index contributed by atoms with van der Waals surface area (Å²) in [6, 6.07) is 21.4. The van der Waals surface area contributed by atoms with E-state index < -0.39 is 0 Å². The molecule has 0 spiro atoms. The number of aromatic nitrogens is 2. The first kappa shape index (κ1) is 20.8. The quantitative estimate of drug-likeness (QED) is 0.241. The Labute approximate surface area is 185 Å². The van der Waals surface area contributed by atoms with Gasteiger partial charge >= 0.3 is 0 Å². The lowest BCUT2D eigenvalue weighted by atomic mass is 10.1. The van der Waals surface area contributed by atoms with Crippen LogP contribution >= 0.6 is 0 Å². The molecule has 8 heteroatoms. The van der Waals surface area contributed by atoms with Gasteiger partial charge in [-0.25, -0.2) is 15.4 Å². The van der Waals surface area contributed by atoms with Crippen LogP contribution in [0, 0.1) is 6.92 Å². The summed E-state index contributed by atoms with van der Waals surface area (Å²) in [5.41, 5.74) is 11.8. The maximum absolute atomic E-state index is 5.97. The van der Waals surface area contributed by atoms with E-state index in [1.807, 2.05) is 73.7 Å². The Morgan fingerprint density at radius 2 is 1.88 bits per heavy atom. The Balaban J connectivity index is 1.57. The predicted octanol–water partition coefficient (Wildman–Crippen LogP) is 4.34. The standard InChI is InChI=1S/C24H23N7O/c1-16-12-18(9-11-22(16)32-19-6-4-3-5-7-19)30-23-20-13-17(14-29-31-24(25)26-2)8-10-21(20)27-15-28-23/h3-15H,1-2H3,(H3,25,26,31)(H,27,28,30)/b29-14+. The van der Waals surface area contributed by atoms with Crippen LogP contribution in [0.1, 0.15) is 11.1 Å². The molecule has 3 aromatic carbocycles. The Bertz CT molecular complexity index is 1290. The van der Waals surface area contributed by atoms with Gasteiger partial charge in [-0.15, -0.1) is 0 Å². The second-order valence-corrected chi connectivity index (χ2v) is 7.00. The molecule has 32 heavy (non-hydrogen) atoms. The van der Waals surface area contributed by atoms with Crippen molar-refractivity contribution in [1.82, 2.24) is 15.4 Å². The first-order valence-electron chi connectivity index (χ1n) is 9.99. The first-order chi connectivity index (χ1) is 15.6. The van der Waals surface area contributed by atoms with Crippen LogP contribution in [0.15, 0.2) is 83.2 Å². The molecule has 0 aliphatic rings. The minimum absolute atomic E-state index is 0.239. The van der Waals surface area contributed by atoms with E-state index in [9.17, 15) is 0 Å². The first-order valence-corrected chi connectivity index (χ1v) is 9.99. The van der Waals surface area contributed by atoms with Crippen LogP contribution in [-0.4, -0.2) is 29.2 Å². The molecule has 0 amide bonds.